The average molecular weight is 367 g/mol. The van der Waals surface area contributed by atoms with Crippen molar-refractivity contribution in [3.63, 3.8) is 0 Å². The second kappa shape index (κ2) is 6.47. The lowest BCUT2D eigenvalue weighted by Gasteiger charge is -2.01. The quantitative estimate of drug-likeness (QED) is 0.691. The van der Waals surface area contributed by atoms with Gasteiger partial charge in [-0.1, -0.05) is 31.0 Å². The molecule has 0 spiro atoms. The maximum atomic E-state index is 13.1. The molecule has 0 atom stereocenters. The predicted octanol–water partition coefficient (Wildman–Crippen LogP) is 3.64. The van der Waals surface area contributed by atoms with Crippen LogP contribution in [0.5, 0.6) is 0 Å². The standard InChI is InChI=1S/C21H21NO3S/c1-26(24,25)13-16-6-7-17-8-9-20-19(21(23)18(17)11-16)10-15(12-22-20)5-4-14-2-3-14/h6-12,14H,2-5,13H2,1H3. The van der Waals surface area contributed by atoms with E-state index in [9.17, 15) is 13.2 Å². The molecule has 1 aliphatic rings. The van der Waals surface area contributed by atoms with Gasteiger partial charge >= 0.3 is 0 Å². The van der Waals surface area contributed by atoms with Crippen LogP contribution in [0.3, 0.4) is 0 Å². The highest BCUT2D eigenvalue weighted by atomic mass is 32.2. The minimum absolute atomic E-state index is 0.0657. The van der Waals surface area contributed by atoms with Gasteiger partial charge in [0.25, 0.3) is 0 Å². The minimum Gasteiger partial charge on any atom is -0.289 e. The molecule has 3 aromatic rings. The topological polar surface area (TPSA) is 64.1 Å². The summed E-state index contributed by atoms with van der Waals surface area (Å²) in [5, 5.41) is 1.94. The molecule has 0 saturated heterocycles. The SMILES string of the molecule is CS(=O)(=O)Cc1ccc2ccc3ncc(CCC4CC4)cc3c(=O)c2c1. The number of benzene rings is 1. The van der Waals surface area contributed by atoms with E-state index in [1.807, 2.05) is 30.5 Å². The zero-order valence-electron chi connectivity index (χ0n) is 14.7. The molecule has 1 aromatic heterocycles. The maximum absolute atomic E-state index is 13.1. The van der Waals surface area contributed by atoms with Gasteiger partial charge in [0, 0.05) is 23.2 Å². The molecule has 0 unspecified atom stereocenters. The van der Waals surface area contributed by atoms with Crippen molar-refractivity contribution in [2.75, 3.05) is 6.26 Å². The predicted molar refractivity (Wildman–Crippen MR) is 105 cm³/mol. The number of nitrogens with zero attached hydrogens (tertiary/aromatic N) is 1. The molecular formula is C21H21NO3S. The molecule has 0 radical (unpaired) electrons. The van der Waals surface area contributed by atoms with Gasteiger partial charge in [0.2, 0.25) is 0 Å². The van der Waals surface area contributed by atoms with Crippen molar-refractivity contribution in [3.05, 3.63) is 63.9 Å². The number of hydrogen-bond acceptors (Lipinski definition) is 4. The van der Waals surface area contributed by atoms with Gasteiger partial charge in [-0.25, -0.2) is 8.42 Å². The van der Waals surface area contributed by atoms with Crippen molar-refractivity contribution in [2.24, 2.45) is 5.92 Å². The lowest BCUT2D eigenvalue weighted by Crippen LogP contribution is -2.04. The third kappa shape index (κ3) is 3.78. The van der Waals surface area contributed by atoms with Gasteiger partial charge in [0.1, 0.15) is 0 Å². The second-order valence-corrected chi connectivity index (χ2v) is 9.55. The first kappa shape index (κ1) is 17.2. The monoisotopic (exact) mass is 367 g/mol. The first-order valence-electron chi connectivity index (χ1n) is 8.91. The molecule has 1 heterocycles. The van der Waals surface area contributed by atoms with Gasteiger partial charge in [0.05, 0.1) is 11.3 Å². The largest absolute Gasteiger partial charge is 0.289 e. The molecule has 0 N–H and O–H groups in total. The van der Waals surface area contributed by atoms with E-state index >= 15 is 0 Å². The molecular weight excluding hydrogens is 346 g/mol. The molecule has 26 heavy (non-hydrogen) atoms. The summed E-state index contributed by atoms with van der Waals surface area (Å²) >= 11 is 0. The fraction of sp³-hybridized carbons (Fsp3) is 0.333. The van der Waals surface area contributed by atoms with Crippen molar-refractivity contribution < 1.29 is 8.42 Å². The molecule has 1 saturated carbocycles. The van der Waals surface area contributed by atoms with Crippen LogP contribution in [-0.4, -0.2) is 19.7 Å². The van der Waals surface area contributed by atoms with Crippen molar-refractivity contribution in [1.82, 2.24) is 4.98 Å². The zero-order chi connectivity index (χ0) is 18.3. The van der Waals surface area contributed by atoms with E-state index in [4.69, 9.17) is 0 Å². The van der Waals surface area contributed by atoms with Crippen molar-refractivity contribution >= 4 is 31.5 Å². The summed E-state index contributed by atoms with van der Waals surface area (Å²) in [7, 11) is -3.15. The molecule has 0 amide bonds. The summed E-state index contributed by atoms with van der Waals surface area (Å²) in [6.45, 7) is 0. The van der Waals surface area contributed by atoms with Crippen molar-refractivity contribution in [3.8, 4) is 0 Å². The van der Waals surface area contributed by atoms with Gasteiger partial charge in [0.15, 0.2) is 15.3 Å². The number of rotatable bonds is 5. The number of aromatic nitrogens is 1. The van der Waals surface area contributed by atoms with E-state index in [1.54, 1.807) is 12.1 Å². The van der Waals surface area contributed by atoms with E-state index in [0.717, 1.165) is 29.7 Å². The average Bonchev–Trinajstić information content (AvgIpc) is 3.41. The summed E-state index contributed by atoms with van der Waals surface area (Å²) in [5.74, 6) is 0.771. The molecule has 1 aliphatic carbocycles. The number of aryl methyl sites for hydroxylation is 1. The third-order valence-electron chi connectivity index (χ3n) is 4.97. The van der Waals surface area contributed by atoms with Gasteiger partial charge < -0.3 is 0 Å². The first-order chi connectivity index (χ1) is 12.4. The highest BCUT2D eigenvalue weighted by Crippen LogP contribution is 2.33. The van der Waals surface area contributed by atoms with Gasteiger partial charge in [-0.15, -0.1) is 0 Å². The molecule has 2 aromatic carbocycles. The fourth-order valence-corrected chi connectivity index (χ4v) is 4.18. The lowest BCUT2D eigenvalue weighted by molar-refractivity contribution is 0.601. The summed E-state index contributed by atoms with van der Waals surface area (Å²) in [6, 6.07) is 11.0. The van der Waals surface area contributed by atoms with E-state index in [-0.39, 0.29) is 11.2 Å². The normalized spacial score (nSPS) is 14.8. The Labute approximate surface area is 152 Å². The van der Waals surface area contributed by atoms with Crippen LogP contribution in [0.2, 0.25) is 0 Å². The molecule has 0 bridgehead atoms. The number of fused-ring (bicyclic) bond motifs is 2. The molecule has 1 fully saturated rings. The third-order valence-corrected chi connectivity index (χ3v) is 5.83. The summed E-state index contributed by atoms with van der Waals surface area (Å²) in [4.78, 5) is 17.6. The van der Waals surface area contributed by atoms with Crippen LogP contribution in [0.25, 0.3) is 21.7 Å². The van der Waals surface area contributed by atoms with E-state index in [0.29, 0.717) is 21.9 Å². The Balaban J connectivity index is 1.85. The van der Waals surface area contributed by atoms with Crippen LogP contribution < -0.4 is 5.43 Å². The van der Waals surface area contributed by atoms with Crippen LogP contribution >= 0.6 is 0 Å². The highest BCUT2D eigenvalue weighted by molar-refractivity contribution is 7.89. The van der Waals surface area contributed by atoms with Crippen LogP contribution in [0, 0.1) is 5.92 Å². The molecule has 4 nitrogen and oxygen atoms in total. The molecule has 0 aliphatic heterocycles. The minimum atomic E-state index is -3.15. The molecule has 134 valence electrons. The summed E-state index contributed by atoms with van der Waals surface area (Å²) in [6.07, 6.45) is 7.80. The maximum Gasteiger partial charge on any atom is 0.195 e. The summed E-state index contributed by atoms with van der Waals surface area (Å²) < 4.78 is 23.2. The Morgan fingerprint density at radius 1 is 1.04 bits per heavy atom. The van der Waals surface area contributed by atoms with E-state index in [1.165, 1.54) is 19.1 Å². The number of hydrogen-bond donors (Lipinski definition) is 0. The van der Waals surface area contributed by atoms with Crippen LogP contribution in [0.15, 0.2) is 47.4 Å². The Morgan fingerprint density at radius 2 is 1.77 bits per heavy atom. The van der Waals surface area contributed by atoms with Crippen LogP contribution in [-0.2, 0) is 22.0 Å². The fourth-order valence-electron chi connectivity index (χ4n) is 3.40. The van der Waals surface area contributed by atoms with Crippen molar-refractivity contribution in [2.45, 2.75) is 31.4 Å². The van der Waals surface area contributed by atoms with Gasteiger partial charge in [-0.2, -0.15) is 0 Å². The zero-order valence-corrected chi connectivity index (χ0v) is 15.6. The highest BCUT2D eigenvalue weighted by Gasteiger charge is 2.20. The second-order valence-electron chi connectivity index (χ2n) is 7.41. The Morgan fingerprint density at radius 3 is 2.50 bits per heavy atom. The Kier molecular flexibility index (Phi) is 4.27. The van der Waals surface area contributed by atoms with E-state index in [2.05, 4.69) is 4.98 Å². The summed E-state index contributed by atoms with van der Waals surface area (Å²) in [5.41, 5.74) is 2.31. The van der Waals surface area contributed by atoms with Crippen molar-refractivity contribution in [1.29, 1.82) is 0 Å². The molecule has 5 heteroatoms. The van der Waals surface area contributed by atoms with Gasteiger partial charge in [-0.3, -0.25) is 9.78 Å². The Bertz CT molecular complexity index is 1160. The first-order valence-corrected chi connectivity index (χ1v) is 11.0. The van der Waals surface area contributed by atoms with Crippen LogP contribution in [0.4, 0.5) is 0 Å². The number of sulfone groups is 1. The molecule has 4 rings (SSSR count). The van der Waals surface area contributed by atoms with E-state index < -0.39 is 9.84 Å². The van der Waals surface area contributed by atoms with Crippen LogP contribution in [0.1, 0.15) is 30.4 Å². The number of pyridine rings is 1. The smallest absolute Gasteiger partial charge is 0.195 e. The lowest BCUT2D eigenvalue weighted by atomic mass is 10.1. The Hall–Kier alpha value is -2.27. The van der Waals surface area contributed by atoms with Gasteiger partial charge in [-0.05, 0) is 53.5 Å².